The Balaban J connectivity index is 1.63. The highest BCUT2D eigenvalue weighted by atomic mass is 32.2. The maximum Gasteiger partial charge on any atom is 0.224 e. The fourth-order valence-corrected chi connectivity index (χ4v) is 4.91. The predicted molar refractivity (Wildman–Crippen MR) is 107 cm³/mol. The number of hydrogen-bond acceptors (Lipinski definition) is 5. The number of carbonyl (C=O) groups is 1. The number of nitrogens with zero attached hydrogens (tertiary/aromatic N) is 4. The van der Waals surface area contributed by atoms with Crippen molar-refractivity contribution in [3.05, 3.63) is 41.5 Å². The summed E-state index contributed by atoms with van der Waals surface area (Å²) in [5, 5.41) is 4.47. The lowest BCUT2D eigenvalue weighted by atomic mass is 9.92. The molecule has 28 heavy (non-hydrogen) atoms. The summed E-state index contributed by atoms with van der Waals surface area (Å²) in [6, 6.07) is 5.29. The van der Waals surface area contributed by atoms with Gasteiger partial charge in [-0.1, -0.05) is 0 Å². The Morgan fingerprint density at radius 1 is 1.29 bits per heavy atom. The highest BCUT2D eigenvalue weighted by Gasteiger charge is 2.29. The molecule has 1 saturated heterocycles. The second-order valence-corrected chi connectivity index (χ2v) is 9.72. The van der Waals surface area contributed by atoms with Crippen LogP contribution in [-0.2, 0) is 14.6 Å². The lowest BCUT2D eigenvalue weighted by molar-refractivity contribution is -0.133. The third-order valence-electron chi connectivity index (χ3n) is 5.37. The van der Waals surface area contributed by atoms with Gasteiger partial charge in [0.05, 0.1) is 22.3 Å². The van der Waals surface area contributed by atoms with E-state index in [1.807, 2.05) is 36.4 Å². The van der Waals surface area contributed by atoms with E-state index in [0.717, 1.165) is 24.2 Å². The number of rotatable bonds is 5. The van der Waals surface area contributed by atoms with Crippen molar-refractivity contribution >= 4 is 15.7 Å². The SMILES string of the molecule is Cc1cc(C)n(C(C)CC(=O)N2CCC(c3ncccc3S(C)(=O)=O)CC2)n1. The first-order valence-electron chi connectivity index (χ1n) is 9.62. The molecule has 1 amide bonds. The fourth-order valence-electron chi connectivity index (χ4n) is 3.99. The molecule has 7 nitrogen and oxygen atoms in total. The maximum absolute atomic E-state index is 12.7. The van der Waals surface area contributed by atoms with Crippen molar-refractivity contribution in [2.45, 2.75) is 56.9 Å². The molecule has 1 atom stereocenters. The summed E-state index contributed by atoms with van der Waals surface area (Å²) in [5.74, 6) is 0.172. The van der Waals surface area contributed by atoms with E-state index < -0.39 is 9.84 Å². The molecule has 0 bridgehead atoms. The Hall–Kier alpha value is -2.22. The Morgan fingerprint density at radius 2 is 1.96 bits per heavy atom. The average Bonchev–Trinajstić information content (AvgIpc) is 2.99. The first kappa shape index (κ1) is 20.5. The lowest BCUT2D eigenvalue weighted by Crippen LogP contribution is -2.39. The molecular formula is C20H28N4O3S. The molecule has 0 spiro atoms. The summed E-state index contributed by atoms with van der Waals surface area (Å²) < 4.78 is 26.0. The van der Waals surface area contributed by atoms with Crippen LogP contribution in [0, 0.1) is 13.8 Å². The van der Waals surface area contributed by atoms with Gasteiger partial charge >= 0.3 is 0 Å². The van der Waals surface area contributed by atoms with Gasteiger partial charge in [-0.15, -0.1) is 0 Å². The van der Waals surface area contributed by atoms with Crippen molar-refractivity contribution in [1.29, 1.82) is 0 Å². The first-order valence-corrected chi connectivity index (χ1v) is 11.5. The lowest BCUT2D eigenvalue weighted by Gasteiger charge is -2.33. The first-order chi connectivity index (χ1) is 13.2. The van der Waals surface area contributed by atoms with Gasteiger partial charge in [-0.2, -0.15) is 5.10 Å². The van der Waals surface area contributed by atoms with Gasteiger partial charge in [0.15, 0.2) is 9.84 Å². The molecule has 0 N–H and O–H groups in total. The molecule has 1 aliphatic rings. The molecule has 152 valence electrons. The van der Waals surface area contributed by atoms with Crippen LogP contribution < -0.4 is 0 Å². The highest BCUT2D eigenvalue weighted by Crippen LogP contribution is 2.31. The molecule has 0 radical (unpaired) electrons. The third kappa shape index (κ3) is 4.43. The number of aryl methyl sites for hydroxylation is 2. The quantitative estimate of drug-likeness (QED) is 0.765. The maximum atomic E-state index is 12.7. The summed E-state index contributed by atoms with van der Waals surface area (Å²) >= 11 is 0. The van der Waals surface area contributed by atoms with Gasteiger partial charge in [0.2, 0.25) is 5.91 Å². The van der Waals surface area contributed by atoms with Crippen molar-refractivity contribution in [2.75, 3.05) is 19.3 Å². The van der Waals surface area contributed by atoms with Gasteiger partial charge in [-0.3, -0.25) is 14.5 Å². The van der Waals surface area contributed by atoms with E-state index in [1.165, 1.54) is 6.26 Å². The number of pyridine rings is 1. The Morgan fingerprint density at radius 3 is 2.54 bits per heavy atom. The molecule has 1 aliphatic heterocycles. The van der Waals surface area contributed by atoms with E-state index >= 15 is 0 Å². The van der Waals surface area contributed by atoms with Crippen molar-refractivity contribution in [3.8, 4) is 0 Å². The van der Waals surface area contributed by atoms with Gasteiger partial charge < -0.3 is 4.90 Å². The molecule has 0 saturated carbocycles. The van der Waals surface area contributed by atoms with Crippen LogP contribution in [0.15, 0.2) is 29.3 Å². The van der Waals surface area contributed by atoms with Crippen LogP contribution in [0.2, 0.25) is 0 Å². The molecule has 8 heteroatoms. The average molecular weight is 405 g/mol. The largest absolute Gasteiger partial charge is 0.343 e. The van der Waals surface area contributed by atoms with E-state index in [2.05, 4.69) is 10.1 Å². The Labute approximate surface area is 166 Å². The predicted octanol–water partition coefficient (Wildman–Crippen LogP) is 2.66. The molecule has 2 aromatic rings. The van der Waals surface area contributed by atoms with Gasteiger partial charge in [-0.05, 0) is 51.8 Å². The van der Waals surface area contributed by atoms with Gasteiger partial charge in [0.1, 0.15) is 0 Å². The second kappa shape index (κ2) is 8.03. The standard InChI is InChI=1S/C20H28N4O3S/c1-14-12-15(2)24(22-14)16(3)13-19(25)23-10-7-17(8-11-23)20-18(28(4,26)27)6-5-9-21-20/h5-6,9,12,16-17H,7-8,10-11,13H2,1-4H3. The molecule has 0 aliphatic carbocycles. The number of hydrogen-bond donors (Lipinski definition) is 0. The zero-order valence-corrected chi connectivity index (χ0v) is 17.7. The van der Waals surface area contributed by atoms with Crippen molar-refractivity contribution in [2.24, 2.45) is 0 Å². The zero-order valence-electron chi connectivity index (χ0n) is 16.9. The van der Waals surface area contributed by atoms with Crippen LogP contribution in [0.5, 0.6) is 0 Å². The van der Waals surface area contributed by atoms with Crippen molar-refractivity contribution in [1.82, 2.24) is 19.7 Å². The van der Waals surface area contributed by atoms with Gasteiger partial charge in [0, 0.05) is 43.6 Å². The summed E-state index contributed by atoms with van der Waals surface area (Å²) in [7, 11) is -3.31. The minimum Gasteiger partial charge on any atom is -0.343 e. The van der Waals surface area contributed by atoms with Crippen molar-refractivity contribution in [3.63, 3.8) is 0 Å². The third-order valence-corrected chi connectivity index (χ3v) is 6.51. The molecule has 0 aromatic carbocycles. The van der Waals surface area contributed by atoms with E-state index in [1.54, 1.807) is 18.3 Å². The molecular weight excluding hydrogens is 376 g/mol. The minimum atomic E-state index is -3.31. The molecule has 3 rings (SSSR count). The number of aromatic nitrogens is 3. The zero-order chi connectivity index (χ0) is 20.5. The number of carbonyl (C=O) groups excluding carboxylic acids is 1. The van der Waals surface area contributed by atoms with Crippen LogP contribution in [0.1, 0.15) is 55.2 Å². The van der Waals surface area contributed by atoms with Gasteiger partial charge in [-0.25, -0.2) is 8.42 Å². The van der Waals surface area contributed by atoms with E-state index in [0.29, 0.717) is 30.1 Å². The molecule has 1 fully saturated rings. The van der Waals surface area contributed by atoms with Crippen LogP contribution >= 0.6 is 0 Å². The van der Waals surface area contributed by atoms with Gasteiger partial charge in [0.25, 0.3) is 0 Å². The Kier molecular flexibility index (Phi) is 5.88. The van der Waals surface area contributed by atoms with E-state index in [9.17, 15) is 13.2 Å². The molecule has 2 aromatic heterocycles. The number of piperidine rings is 1. The monoisotopic (exact) mass is 404 g/mol. The van der Waals surface area contributed by atoms with E-state index in [-0.39, 0.29) is 17.9 Å². The summed E-state index contributed by atoms with van der Waals surface area (Å²) in [6.07, 6.45) is 4.70. The topological polar surface area (TPSA) is 85.2 Å². The van der Waals surface area contributed by atoms with Crippen molar-refractivity contribution < 1.29 is 13.2 Å². The second-order valence-electron chi connectivity index (χ2n) is 7.74. The highest BCUT2D eigenvalue weighted by molar-refractivity contribution is 7.90. The number of sulfone groups is 1. The Bertz CT molecular complexity index is 960. The number of amides is 1. The van der Waals surface area contributed by atoms with Crippen LogP contribution in [0.3, 0.4) is 0 Å². The smallest absolute Gasteiger partial charge is 0.224 e. The van der Waals surface area contributed by atoms with Crippen LogP contribution in [-0.4, -0.2) is 53.3 Å². The summed E-state index contributed by atoms with van der Waals surface area (Å²) in [6.45, 7) is 7.19. The molecule has 1 unspecified atom stereocenters. The van der Waals surface area contributed by atoms with Crippen LogP contribution in [0.4, 0.5) is 0 Å². The number of likely N-dealkylation sites (tertiary alicyclic amines) is 1. The minimum absolute atomic E-state index is 0.00607. The summed E-state index contributed by atoms with van der Waals surface area (Å²) in [5.41, 5.74) is 2.64. The normalized spacial score (nSPS) is 16.9. The van der Waals surface area contributed by atoms with Crippen LogP contribution in [0.25, 0.3) is 0 Å². The molecule has 3 heterocycles. The summed E-state index contributed by atoms with van der Waals surface area (Å²) in [4.78, 5) is 19.3. The fraction of sp³-hybridized carbons (Fsp3) is 0.550. The van der Waals surface area contributed by atoms with E-state index in [4.69, 9.17) is 0 Å².